The molecule has 7 nitrogen and oxygen atoms in total. The number of benzene rings is 2. The first-order chi connectivity index (χ1) is 16.2. The standard InChI is InChI=1S/C24H19F3N4O3/c1-12-16-10-14(33-15-7-8-29-19(11-15)23(32)28-2)4-6-20(16)34-21(12)22-30-17-5-3-13(24(25,26)27)9-18(17)31-22/h3-12,21H,1-2H3,(H,28,32)(H,30,31). The second-order valence-corrected chi connectivity index (χ2v) is 7.94. The van der Waals surface area contributed by atoms with Gasteiger partial charge in [0.05, 0.1) is 16.6 Å². The maximum atomic E-state index is 13.0. The Morgan fingerprint density at radius 3 is 2.68 bits per heavy atom. The minimum Gasteiger partial charge on any atom is -0.482 e. The number of imidazole rings is 1. The van der Waals surface area contributed by atoms with Crippen LogP contribution in [0, 0.1) is 0 Å². The highest BCUT2D eigenvalue weighted by atomic mass is 19.4. The summed E-state index contributed by atoms with van der Waals surface area (Å²) in [6.07, 6.45) is -3.44. The molecule has 174 valence electrons. The van der Waals surface area contributed by atoms with E-state index in [0.717, 1.165) is 17.7 Å². The van der Waals surface area contributed by atoms with E-state index in [1.165, 1.54) is 19.3 Å². The van der Waals surface area contributed by atoms with Crippen LogP contribution in [0.4, 0.5) is 13.2 Å². The highest BCUT2D eigenvalue weighted by molar-refractivity contribution is 5.92. The summed E-state index contributed by atoms with van der Waals surface area (Å²) in [5, 5.41) is 2.51. The maximum Gasteiger partial charge on any atom is 0.416 e. The molecule has 10 heteroatoms. The van der Waals surface area contributed by atoms with E-state index in [1.54, 1.807) is 24.3 Å². The summed E-state index contributed by atoms with van der Waals surface area (Å²) in [7, 11) is 1.52. The molecule has 3 heterocycles. The third-order valence-electron chi connectivity index (χ3n) is 5.70. The average molecular weight is 468 g/mol. The summed E-state index contributed by atoms with van der Waals surface area (Å²) in [5.74, 6) is 1.63. The first-order valence-corrected chi connectivity index (χ1v) is 10.5. The van der Waals surface area contributed by atoms with Crippen LogP contribution in [0.3, 0.4) is 0 Å². The number of nitrogens with one attached hydrogen (secondary N) is 2. The number of nitrogens with zero attached hydrogens (tertiary/aromatic N) is 2. The van der Waals surface area contributed by atoms with Gasteiger partial charge in [0.25, 0.3) is 5.91 Å². The third kappa shape index (κ3) is 3.91. The van der Waals surface area contributed by atoms with Crippen molar-refractivity contribution < 1.29 is 27.4 Å². The number of carbonyl (C=O) groups is 1. The molecule has 0 bridgehead atoms. The first-order valence-electron chi connectivity index (χ1n) is 10.5. The Morgan fingerprint density at radius 1 is 1.12 bits per heavy atom. The van der Waals surface area contributed by atoms with Crippen molar-refractivity contribution in [3.8, 4) is 17.2 Å². The molecule has 2 N–H and O–H groups in total. The number of alkyl halides is 3. The molecule has 1 aliphatic heterocycles. The molecule has 2 atom stereocenters. The number of ether oxygens (including phenoxy) is 2. The number of halogens is 3. The van der Waals surface area contributed by atoms with Crippen LogP contribution in [0.5, 0.6) is 17.2 Å². The van der Waals surface area contributed by atoms with E-state index < -0.39 is 17.8 Å². The SMILES string of the molecule is CNC(=O)c1cc(Oc2ccc3c(c2)C(C)C(c2nc4ccc(C(F)(F)F)cc4[nH]2)O3)ccn1. The van der Waals surface area contributed by atoms with E-state index in [9.17, 15) is 18.0 Å². The van der Waals surface area contributed by atoms with Gasteiger partial charge in [-0.3, -0.25) is 9.78 Å². The smallest absolute Gasteiger partial charge is 0.416 e. The van der Waals surface area contributed by atoms with Crippen molar-refractivity contribution in [2.45, 2.75) is 25.1 Å². The zero-order valence-electron chi connectivity index (χ0n) is 18.1. The Bertz CT molecular complexity index is 1400. The van der Waals surface area contributed by atoms with E-state index in [0.29, 0.717) is 34.1 Å². The molecule has 2 unspecified atom stereocenters. The number of hydrogen-bond acceptors (Lipinski definition) is 5. The lowest BCUT2D eigenvalue weighted by Crippen LogP contribution is -2.18. The van der Waals surface area contributed by atoms with E-state index in [1.807, 2.05) is 13.0 Å². The fraction of sp³-hybridized carbons (Fsp3) is 0.208. The quantitative estimate of drug-likeness (QED) is 0.421. The number of aromatic amines is 1. The number of H-pyrrole nitrogens is 1. The molecule has 5 rings (SSSR count). The van der Waals surface area contributed by atoms with Crippen LogP contribution in [0.2, 0.25) is 0 Å². The molecule has 0 spiro atoms. The topological polar surface area (TPSA) is 89.1 Å². The van der Waals surface area contributed by atoms with Crippen molar-refractivity contribution in [1.82, 2.24) is 20.3 Å². The molecule has 34 heavy (non-hydrogen) atoms. The summed E-state index contributed by atoms with van der Waals surface area (Å²) >= 11 is 0. The molecule has 0 saturated carbocycles. The second-order valence-electron chi connectivity index (χ2n) is 7.94. The fourth-order valence-electron chi connectivity index (χ4n) is 3.95. The Balaban J connectivity index is 1.39. The maximum absolute atomic E-state index is 13.0. The number of carbonyl (C=O) groups excluding carboxylic acids is 1. The van der Waals surface area contributed by atoms with Gasteiger partial charge in [0.1, 0.15) is 28.8 Å². The molecule has 0 fully saturated rings. The van der Waals surface area contributed by atoms with Gasteiger partial charge in [0.2, 0.25) is 0 Å². The van der Waals surface area contributed by atoms with Gasteiger partial charge < -0.3 is 19.8 Å². The van der Waals surface area contributed by atoms with Crippen LogP contribution >= 0.6 is 0 Å². The molecule has 0 aliphatic carbocycles. The monoisotopic (exact) mass is 468 g/mol. The minimum absolute atomic E-state index is 0.139. The number of amides is 1. The van der Waals surface area contributed by atoms with Crippen molar-refractivity contribution in [3.05, 3.63) is 77.4 Å². The highest BCUT2D eigenvalue weighted by Crippen LogP contribution is 2.47. The van der Waals surface area contributed by atoms with E-state index in [4.69, 9.17) is 9.47 Å². The zero-order chi connectivity index (χ0) is 24.0. The zero-order valence-corrected chi connectivity index (χ0v) is 18.1. The molecule has 4 aromatic rings. The van der Waals surface area contributed by atoms with Crippen LogP contribution in [0.25, 0.3) is 11.0 Å². The van der Waals surface area contributed by atoms with Crippen LogP contribution in [0.15, 0.2) is 54.7 Å². The largest absolute Gasteiger partial charge is 0.482 e. The van der Waals surface area contributed by atoms with Crippen molar-refractivity contribution in [2.75, 3.05) is 7.05 Å². The van der Waals surface area contributed by atoms with Gasteiger partial charge in [-0.25, -0.2) is 4.98 Å². The highest BCUT2D eigenvalue weighted by Gasteiger charge is 2.35. The van der Waals surface area contributed by atoms with Gasteiger partial charge in [-0.15, -0.1) is 0 Å². The van der Waals surface area contributed by atoms with Gasteiger partial charge in [-0.1, -0.05) is 6.92 Å². The van der Waals surface area contributed by atoms with E-state index in [-0.39, 0.29) is 17.5 Å². The summed E-state index contributed by atoms with van der Waals surface area (Å²) in [6.45, 7) is 1.95. The van der Waals surface area contributed by atoms with Gasteiger partial charge in [-0.05, 0) is 42.5 Å². The number of hydrogen-bond donors (Lipinski definition) is 2. The van der Waals surface area contributed by atoms with Gasteiger partial charge in [0.15, 0.2) is 6.10 Å². The number of rotatable bonds is 4. The Kier molecular flexibility index (Phi) is 5.15. The summed E-state index contributed by atoms with van der Waals surface area (Å²) in [4.78, 5) is 23.3. The van der Waals surface area contributed by atoms with Crippen molar-refractivity contribution in [2.24, 2.45) is 0 Å². The number of aromatic nitrogens is 3. The van der Waals surface area contributed by atoms with E-state index >= 15 is 0 Å². The molecule has 1 aliphatic rings. The number of fused-ring (bicyclic) bond motifs is 2. The predicted molar refractivity (Wildman–Crippen MR) is 117 cm³/mol. The predicted octanol–water partition coefficient (Wildman–Crippen LogP) is 5.37. The van der Waals surface area contributed by atoms with Gasteiger partial charge >= 0.3 is 6.18 Å². The van der Waals surface area contributed by atoms with Crippen molar-refractivity contribution in [3.63, 3.8) is 0 Å². The van der Waals surface area contributed by atoms with Crippen LogP contribution in [0.1, 0.15) is 46.4 Å². The second kappa shape index (κ2) is 8.05. The Morgan fingerprint density at radius 2 is 1.91 bits per heavy atom. The number of pyridine rings is 1. The molecule has 2 aromatic heterocycles. The lowest BCUT2D eigenvalue weighted by atomic mass is 9.97. The normalized spacial score (nSPS) is 17.3. The molecule has 1 amide bonds. The lowest BCUT2D eigenvalue weighted by molar-refractivity contribution is -0.137. The Hall–Kier alpha value is -4.08. The molecule has 0 saturated heterocycles. The van der Waals surface area contributed by atoms with Crippen LogP contribution < -0.4 is 14.8 Å². The molecular formula is C24H19F3N4O3. The van der Waals surface area contributed by atoms with Gasteiger partial charge in [-0.2, -0.15) is 13.2 Å². The average Bonchev–Trinajstić information content (AvgIpc) is 3.38. The van der Waals surface area contributed by atoms with Crippen molar-refractivity contribution in [1.29, 1.82) is 0 Å². The molecule has 2 aromatic carbocycles. The lowest BCUT2D eigenvalue weighted by Gasteiger charge is -2.12. The summed E-state index contributed by atoms with van der Waals surface area (Å²) in [5.41, 5.74) is 1.10. The molecular weight excluding hydrogens is 449 g/mol. The fourth-order valence-corrected chi connectivity index (χ4v) is 3.95. The van der Waals surface area contributed by atoms with Crippen molar-refractivity contribution >= 4 is 16.9 Å². The van der Waals surface area contributed by atoms with Crippen LogP contribution in [-0.2, 0) is 6.18 Å². The first kappa shape index (κ1) is 21.7. The van der Waals surface area contributed by atoms with Gasteiger partial charge in [0, 0.05) is 30.8 Å². The van der Waals surface area contributed by atoms with E-state index in [2.05, 4.69) is 20.3 Å². The minimum atomic E-state index is -4.43. The Labute approximate surface area is 191 Å². The third-order valence-corrected chi connectivity index (χ3v) is 5.70. The summed E-state index contributed by atoms with van der Waals surface area (Å²) < 4.78 is 51.1. The molecule has 0 radical (unpaired) electrons. The van der Waals surface area contributed by atoms with Crippen LogP contribution in [-0.4, -0.2) is 27.9 Å². The summed E-state index contributed by atoms with van der Waals surface area (Å²) in [6, 6.07) is 11.9.